The van der Waals surface area contributed by atoms with Gasteiger partial charge in [0.15, 0.2) is 0 Å². The fourth-order valence-corrected chi connectivity index (χ4v) is 4.90. The molecular weight excluding hydrogens is 416 g/mol. The highest BCUT2D eigenvalue weighted by Gasteiger charge is 2.29. The van der Waals surface area contributed by atoms with Gasteiger partial charge in [-0.15, -0.1) is 0 Å². The van der Waals surface area contributed by atoms with Crippen molar-refractivity contribution in [1.82, 2.24) is 14.6 Å². The number of hydrogen-bond donors (Lipinski definition) is 3. The van der Waals surface area contributed by atoms with E-state index in [1.807, 2.05) is 0 Å². The van der Waals surface area contributed by atoms with E-state index in [0.29, 0.717) is 37.9 Å². The highest BCUT2D eigenvalue weighted by molar-refractivity contribution is 7.89. The second kappa shape index (κ2) is 9.68. The minimum atomic E-state index is -3.58. The minimum absolute atomic E-state index is 0.178. The van der Waals surface area contributed by atoms with E-state index >= 15 is 0 Å². The maximum atomic E-state index is 12.9. The molecule has 31 heavy (non-hydrogen) atoms. The summed E-state index contributed by atoms with van der Waals surface area (Å²) in [6.45, 7) is 1.04. The molecular formula is C21H24N6O3S. The largest absolute Gasteiger partial charge is 0.383 e. The van der Waals surface area contributed by atoms with E-state index < -0.39 is 10.0 Å². The molecule has 1 fully saturated rings. The Morgan fingerprint density at radius 1 is 1.32 bits per heavy atom. The van der Waals surface area contributed by atoms with E-state index in [2.05, 4.69) is 16.4 Å². The molecule has 4 N–H and O–H groups in total. The van der Waals surface area contributed by atoms with Crippen molar-refractivity contribution in [3.05, 3.63) is 53.2 Å². The number of rotatable bonds is 7. The third kappa shape index (κ3) is 5.25. The summed E-state index contributed by atoms with van der Waals surface area (Å²) < 4.78 is 27.2. The Morgan fingerprint density at radius 2 is 2.00 bits per heavy atom. The van der Waals surface area contributed by atoms with Crippen LogP contribution in [0.4, 0.5) is 5.82 Å². The summed E-state index contributed by atoms with van der Waals surface area (Å²) in [5.41, 5.74) is 7.02. The molecule has 2 aromatic rings. The molecule has 0 spiro atoms. The number of anilines is 1. The van der Waals surface area contributed by atoms with Crippen molar-refractivity contribution in [2.75, 3.05) is 18.8 Å². The van der Waals surface area contributed by atoms with Gasteiger partial charge >= 0.3 is 0 Å². The number of nitrogens with one attached hydrogen (secondary N) is 2. The van der Waals surface area contributed by atoms with E-state index in [-0.39, 0.29) is 34.6 Å². The number of sulfonamides is 1. The number of nitrogens with two attached hydrogens (primary N) is 1. The minimum Gasteiger partial charge on any atom is -0.383 e. The summed E-state index contributed by atoms with van der Waals surface area (Å²) in [5, 5.41) is 18.8. The lowest BCUT2D eigenvalue weighted by Gasteiger charge is -2.30. The highest BCUT2D eigenvalue weighted by atomic mass is 32.2. The van der Waals surface area contributed by atoms with Crippen LogP contribution in [0.15, 0.2) is 41.4 Å². The first-order valence-electron chi connectivity index (χ1n) is 9.85. The van der Waals surface area contributed by atoms with Crippen LogP contribution in [0.25, 0.3) is 0 Å². The molecule has 3 rings (SSSR count). The van der Waals surface area contributed by atoms with Gasteiger partial charge in [-0.2, -0.15) is 9.57 Å². The van der Waals surface area contributed by atoms with Gasteiger partial charge in [-0.3, -0.25) is 4.79 Å². The SMILES string of the molecule is N#CCC1CCN(S(=O)(=O)c2ccc(CNC(=O)c3cnc(N)c(C=N)c3)cc2)CC1. The number of hydrogen-bond acceptors (Lipinski definition) is 7. The third-order valence-corrected chi connectivity index (χ3v) is 7.25. The van der Waals surface area contributed by atoms with E-state index in [4.69, 9.17) is 16.4 Å². The average molecular weight is 441 g/mol. The lowest BCUT2D eigenvalue weighted by atomic mass is 9.95. The van der Waals surface area contributed by atoms with Crippen molar-refractivity contribution in [3.8, 4) is 6.07 Å². The monoisotopic (exact) mass is 440 g/mol. The Labute approximate surface area is 181 Å². The van der Waals surface area contributed by atoms with Crippen LogP contribution in [0.2, 0.25) is 0 Å². The average Bonchev–Trinajstić information content (AvgIpc) is 2.78. The van der Waals surface area contributed by atoms with Crippen molar-refractivity contribution in [2.45, 2.75) is 30.7 Å². The molecule has 0 aliphatic carbocycles. The van der Waals surface area contributed by atoms with Crippen molar-refractivity contribution < 1.29 is 13.2 Å². The normalized spacial score (nSPS) is 15.2. The lowest BCUT2D eigenvalue weighted by molar-refractivity contribution is 0.0950. The van der Waals surface area contributed by atoms with Gasteiger partial charge in [-0.05, 0) is 42.5 Å². The first-order valence-corrected chi connectivity index (χ1v) is 11.3. The van der Waals surface area contributed by atoms with Crippen LogP contribution in [0.5, 0.6) is 0 Å². The first kappa shape index (κ1) is 22.4. The second-order valence-corrected chi connectivity index (χ2v) is 9.32. The van der Waals surface area contributed by atoms with Crippen molar-refractivity contribution in [2.24, 2.45) is 5.92 Å². The fraction of sp³-hybridized carbons (Fsp3) is 0.333. The number of nitrogens with zero attached hydrogens (tertiary/aromatic N) is 3. The zero-order valence-corrected chi connectivity index (χ0v) is 17.7. The molecule has 1 aliphatic heterocycles. The summed E-state index contributed by atoms with van der Waals surface area (Å²) in [5.74, 6) is 0.0685. The molecule has 162 valence electrons. The van der Waals surface area contributed by atoms with Crippen LogP contribution in [-0.4, -0.2) is 42.9 Å². The molecule has 0 unspecified atom stereocenters. The molecule has 1 saturated heterocycles. The number of aromatic nitrogens is 1. The van der Waals surface area contributed by atoms with Gasteiger partial charge in [0.25, 0.3) is 5.91 Å². The number of carbonyl (C=O) groups is 1. The third-order valence-electron chi connectivity index (χ3n) is 5.33. The summed E-state index contributed by atoms with van der Waals surface area (Å²) >= 11 is 0. The number of piperidine rings is 1. The van der Waals surface area contributed by atoms with Gasteiger partial charge in [0.2, 0.25) is 10.0 Å². The predicted octanol–water partition coefficient (Wildman–Crippen LogP) is 1.91. The van der Waals surface area contributed by atoms with Crippen molar-refractivity contribution in [3.63, 3.8) is 0 Å². The van der Waals surface area contributed by atoms with Gasteiger partial charge in [0.1, 0.15) is 5.82 Å². The van der Waals surface area contributed by atoms with Crippen LogP contribution < -0.4 is 11.1 Å². The smallest absolute Gasteiger partial charge is 0.253 e. The lowest BCUT2D eigenvalue weighted by Crippen LogP contribution is -2.38. The Morgan fingerprint density at radius 3 is 2.61 bits per heavy atom. The van der Waals surface area contributed by atoms with Crippen LogP contribution in [0.3, 0.4) is 0 Å². The number of amides is 1. The molecule has 1 aromatic carbocycles. The standard InChI is InChI=1S/C21H24N6O3S/c22-8-5-15-6-9-27(10-7-15)31(29,30)19-3-1-16(2-4-19)13-26-21(28)18-11-17(12-23)20(24)25-14-18/h1-4,11-12,14-15,23H,5-7,9-10,13H2,(H2,24,25)(H,26,28). The van der Waals surface area contributed by atoms with Crippen molar-refractivity contribution >= 4 is 28.0 Å². The van der Waals surface area contributed by atoms with Gasteiger partial charge in [-0.25, -0.2) is 13.4 Å². The molecule has 0 bridgehead atoms. The summed E-state index contributed by atoms with van der Waals surface area (Å²) in [6.07, 6.45) is 4.22. The highest BCUT2D eigenvalue weighted by Crippen LogP contribution is 2.25. The molecule has 9 nitrogen and oxygen atoms in total. The number of carbonyl (C=O) groups excluding carboxylic acids is 1. The molecule has 2 heterocycles. The molecule has 0 radical (unpaired) electrons. The summed E-state index contributed by atoms with van der Waals surface area (Å²) in [6, 6.07) is 10.0. The molecule has 10 heteroatoms. The second-order valence-electron chi connectivity index (χ2n) is 7.38. The topological polar surface area (TPSA) is 153 Å². The maximum Gasteiger partial charge on any atom is 0.253 e. The number of nitrogen functional groups attached to an aromatic ring is 1. The van der Waals surface area contributed by atoms with E-state index in [1.54, 1.807) is 12.1 Å². The Bertz CT molecular complexity index is 1100. The zero-order chi connectivity index (χ0) is 22.4. The number of nitriles is 1. The van der Waals surface area contributed by atoms with Gasteiger partial charge < -0.3 is 16.5 Å². The van der Waals surface area contributed by atoms with E-state index in [0.717, 1.165) is 11.8 Å². The number of benzene rings is 1. The van der Waals surface area contributed by atoms with E-state index in [9.17, 15) is 13.2 Å². The fourth-order valence-electron chi connectivity index (χ4n) is 3.43. The van der Waals surface area contributed by atoms with E-state index in [1.165, 1.54) is 28.7 Å². The van der Waals surface area contributed by atoms with Gasteiger partial charge in [0, 0.05) is 44.0 Å². The van der Waals surface area contributed by atoms with Crippen LogP contribution in [0.1, 0.15) is 40.7 Å². The van der Waals surface area contributed by atoms with Crippen LogP contribution in [0, 0.1) is 22.7 Å². The molecule has 0 saturated carbocycles. The summed E-state index contributed by atoms with van der Waals surface area (Å²) in [4.78, 5) is 16.4. The Kier molecular flexibility index (Phi) is 6.99. The Hall–Kier alpha value is -3.29. The number of pyridine rings is 1. The maximum absolute atomic E-state index is 12.9. The first-order chi connectivity index (χ1) is 14.8. The predicted molar refractivity (Wildman–Crippen MR) is 116 cm³/mol. The van der Waals surface area contributed by atoms with Crippen LogP contribution in [-0.2, 0) is 16.6 Å². The molecule has 1 aliphatic rings. The van der Waals surface area contributed by atoms with Crippen LogP contribution >= 0.6 is 0 Å². The molecule has 1 amide bonds. The van der Waals surface area contributed by atoms with Gasteiger partial charge in [-0.1, -0.05) is 12.1 Å². The zero-order valence-electron chi connectivity index (χ0n) is 16.9. The van der Waals surface area contributed by atoms with Crippen molar-refractivity contribution in [1.29, 1.82) is 10.7 Å². The molecule has 1 aromatic heterocycles. The molecule has 0 atom stereocenters. The quantitative estimate of drug-likeness (QED) is 0.559. The summed E-state index contributed by atoms with van der Waals surface area (Å²) in [7, 11) is -3.58. The van der Waals surface area contributed by atoms with Gasteiger partial charge in [0.05, 0.1) is 16.5 Å². The Balaban J connectivity index is 1.60.